The topological polar surface area (TPSA) is 101 Å². The first kappa shape index (κ1) is 23.0. The molecule has 0 bridgehead atoms. The molecule has 0 spiro atoms. The molecule has 1 heterocycles. The highest BCUT2D eigenvalue weighted by Crippen LogP contribution is 2.33. The first-order valence-electron chi connectivity index (χ1n) is 9.83. The molecule has 7 nitrogen and oxygen atoms in total. The Morgan fingerprint density at radius 1 is 1.03 bits per heavy atom. The van der Waals surface area contributed by atoms with E-state index in [1.54, 1.807) is 36.4 Å². The lowest BCUT2D eigenvalue weighted by atomic mass is 9.87. The molecule has 0 aliphatic rings. The molecule has 3 N–H and O–H groups in total. The highest BCUT2D eigenvalue weighted by Gasteiger charge is 2.17. The lowest BCUT2D eigenvalue weighted by Gasteiger charge is -2.19. The van der Waals surface area contributed by atoms with Crippen molar-refractivity contribution in [1.82, 2.24) is 5.32 Å². The van der Waals surface area contributed by atoms with Crippen LogP contribution >= 0.6 is 12.2 Å². The van der Waals surface area contributed by atoms with Gasteiger partial charge >= 0.3 is 5.97 Å². The maximum Gasteiger partial charge on any atom is 0.371 e. The van der Waals surface area contributed by atoms with Crippen LogP contribution < -0.4 is 15.4 Å². The first-order valence-corrected chi connectivity index (χ1v) is 10.2. The number of ether oxygens (including phenoxy) is 1. The number of methoxy groups -OCH3 is 1. The van der Waals surface area contributed by atoms with Gasteiger partial charge in [0.15, 0.2) is 5.11 Å². The zero-order valence-electron chi connectivity index (χ0n) is 18.2. The third-order valence-electron chi connectivity index (χ3n) is 4.80. The predicted octanol–water partition coefficient (Wildman–Crippen LogP) is 5.08. The van der Waals surface area contributed by atoms with Gasteiger partial charge in [0.1, 0.15) is 11.5 Å². The predicted molar refractivity (Wildman–Crippen MR) is 126 cm³/mol. The number of carboxylic acids is 1. The minimum Gasteiger partial charge on any atom is -0.497 e. The molecule has 32 heavy (non-hydrogen) atoms. The Kier molecular flexibility index (Phi) is 6.64. The Morgan fingerprint density at radius 2 is 1.72 bits per heavy atom. The summed E-state index contributed by atoms with van der Waals surface area (Å²) >= 11 is 5.32. The fraction of sp³-hybridized carbons (Fsp3) is 0.208. The molecule has 166 valence electrons. The number of nitrogens with one attached hydrogen (secondary N) is 2. The van der Waals surface area contributed by atoms with Crippen LogP contribution in [0.5, 0.6) is 5.75 Å². The second kappa shape index (κ2) is 9.23. The molecule has 0 fully saturated rings. The quantitative estimate of drug-likeness (QED) is 0.464. The van der Waals surface area contributed by atoms with E-state index in [4.69, 9.17) is 26.5 Å². The summed E-state index contributed by atoms with van der Waals surface area (Å²) in [7, 11) is 1.52. The summed E-state index contributed by atoms with van der Waals surface area (Å²) in [6.45, 7) is 6.31. The minimum absolute atomic E-state index is 0.0129. The average molecular weight is 453 g/mol. The maximum atomic E-state index is 12.6. The van der Waals surface area contributed by atoms with E-state index in [-0.39, 0.29) is 22.2 Å². The minimum atomic E-state index is -1.17. The van der Waals surface area contributed by atoms with E-state index in [0.717, 1.165) is 5.56 Å². The largest absolute Gasteiger partial charge is 0.497 e. The zero-order chi connectivity index (χ0) is 23.5. The number of carbonyl (C=O) groups excluding carboxylic acids is 1. The molecule has 0 unspecified atom stereocenters. The second-order valence-electron chi connectivity index (χ2n) is 8.12. The van der Waals surface area contributed by atoms with Crippen LogP contribution in [0.4, 0.5) is 5.69 Å². The Balaban J connectivity index is 1.79. The molecular weight excluding hydrogens is 428 g/mol. The van der Waals surface area contributed by atoms with Crippen LogP contribution in [0.1, 0.15) is 47.2 Å². The normalized spacial score (nSPS) is 11.0. The number of hydrogen-bond acceptors (Lipinski definition) is 5. The number of anilines is 1. The van der Waals surface area contributed by atoms with Gasteiger partial charge in [0.25, 0.3) is 5.91 Å². The van der Waals surface area contributed by atoms with Crippen molar-refractivity contribution in [3.8, 4) is 17.1 Å². The summed E-state index contributed by atoms with van der Waals surface area (Å²) in [5.41, 5.74) is 2.63. The fourth-order valence-electron chi connectivity index (χ4n) is 3.02. The number of furan rings is 1. The molecule has 0 saturated carbocycles. The number of thiocarbonyl (C=S) groups is 1. The molecule has 0 aliphatic carbocycles. The van der Waals surface area contributed by atoms with Gasteiger partial charge in [-0.15, -0.1) is 0 Å². The third kappa shape index (κ3) is 5.33. The number of carboxylic acid groups (broad SMARTS) is 1. The molecule has 1 amide bonds. The Bertz CT molecular complexity index is 1160. The summed E-state index contributed by atoms with van der Waals surface area (Å²) in [4.78, 5) is 23.8. The van der Waals surface area contributed by atoms with Crippen LogP contribution in [-0.2, 0) is 5.41 Å². The number of benzene rings is 2. The Labute approximate surface area is 191 Å². The highest BCUT2D eigenvalue weighted by molar-refractivity contribution is 7.80. The van der Waals surface area contributed by atoms with Gasteiger partial charge in [0, 0.05) is 17.2 Å². The van der Waals surface area contributed by atoms with Crippen molar-refractivity contribution in [3.05, 3.63) is 71.5 Å². The van der Waals surface area contributed by atoms with Crippen molar-refractivity contribution in [2.75, 3.05) is 12.4 Å². The second-order valence-corrected chi connectivity index (χ2v) is 8.52. The van der Waals surface area contributed by atoms with E-state index in [1.165, 1.54) is 13.2 Å². The molecule has 8 heteroatoms. The fourth-order valence-corrected chi connectivity index (χ4v) is 3.22. The third-order valence-corrected chi connectivity index (χ3v) is 5.00. The van der Waals surface area contributed by atoms with E-state index >= 15 is 0 Å². The average Bonchev–Trinajstić information content (AvgIpc) is 3.23. The molecule has 0 saturated heterocycles. The molecule has 3 aromatic rings. The standard InChI is InChI=1S/C24H24N2O5S/c1-24(2,3)15-7-5-14(6-8-15)21(27)26-23(32)25-18-13-16(30-4)9-10-17(18)19-11-12-20(31-19)22(28)29/h5-13H,1-4H3,(H,28,29)(H2,25,26,27,32). The van der Waals surface area contributed by atoms with Gasteiger partial charge in [-0.1, -0.05) is 32.9 Å². The van der Waals surface area contributed by atoms with Crippen LogP contribution in [0.15, 0.2) is 59.0 Å². The van der Waals surface area contributed by atoms with E-state index in [1.807, 2.05) is 12.1 Å². The zero-order valence-corrected chi connectivity index (χ0v) is 19.0. The monoisotopic (exact) mass is 452 g/mol. The lowest BCUT2D eigenvalue weighted by molar-refractivity contribution is 0.0663. The van der Waals surface area contributed by atoms with E-state index in [9.17, 15) is 9.59 Å². The Hall–Kier alpha value is -3.65. The van der Waals surface area contributed by atoms with E-state index < -0.39 is 5.97 Å². The number of hydrogen-bond donors (Lipinski definition) is 3. The summed E-state index contributed by atoms with van der Waals surface area (Å²) in [6.07, 6.45) is 0. The van der Waals surface area contributed by atoms with Crippen LogP contribution in [0.2, 0.25) is 0 Å². The van der Waals surface area contributed by atoms with Gasteiger partial charge in [-0.3, -0.25) is 10.1 Å². The van der Waals surface area contributed by atoms with Gasteiger partial charge in [-0.2, -0.15) is 0 Å². The van der Waals surface area contributed by atoms with Crippen LogP contribution in [0.25, 0.3) is 11.3 Å². The molecule has 0 atom stereocenters. The summed E-state index contributed by atoms with van der Waals surface area (Å²) in [5, 5.41) is 14.8. The highest BCUT2D eigenvalue weighted by atomic mass is 32.1. The molecular formula is C24H24N2O5S. The molecule has 3 rings (SSSR count). The van der Waals surface area contributed by atoms with Gasteiger partial charge in [0.2, 0.25) is 5.76 Å². The number of carbonyl (C=O) groups is 2. The van der Waals surface area contributed by atoms with Crippen molar-refractivity contribution < 1.29 is 23.8 Å². The molecule has 2 aromatic carbocycles. The molecule has 0 radical (unpaired) electrons. The maximum absolute atomic E-state index is 12.6. The first-order chi connectivity index (χ1) is 15.1. The van der Waals surface area contributed by atoms with Crippen LogP contribution in [-0.4, -0.2) is 29.2 Å². The molecule has 1 aromatic heterocycles. The summed E-state index contributed by atoms with van der Waals surface area (Å²) in [5.74, 6) is -0.818. The Morgan fingerprint density at radius 3 is 2.28 bits per heavy atom. The van der Waals surface area contributed by atoms with Crippen LogP contribution in [0.3, 0.4) is 0 Å². The SMILES string of the molecule is COc1ccc(-c2ccc(C(=O)O)o2)c(NC(=S)NC(=O)c2ccc(C(C)(C)C)cc2)c1. The number of aromatic carboxylic acids is 1. The number of amides is 1. The van der Waals surface area contributed by atoms with Crippen molar-refractivity contribution >= 4 is 34.9 Å². The van der Waals surface area contributed by atoms with Crippen LogP contribution in [0, 0.1) is 0 Å². The lowest BCUT2D eigenvalue weighted by Crippen LogP contribution is -2.34. The van der Waals surface area contributed by atoms with Gasteiger partial charge < -0.3 is 19.6 Å². The van der Waals surface area contributed by atoms with E-state index in [0.29, 0.717) is 28.3 Å². The van der Waals surface area contributed by atoms with Crippen molar-refractivity contribution in [2.45, 2.75) is 26.2 Å². The summed E-state index contributed by atoms with van der Waals surface area (Å²) in [6, 6.07) is 15.4. The van der Waals surface area contributed by atoms with Crippen molar-refractivity contribution in [3.63, 3.8) is 0 Å². The van der Waals surface area contributed by atoms with Crippen molar-refractivity contribution in [2.24, 2.45) is 0 Å². The van der Waals surface area contributed by atoms with E-state index in [2.05, 4.69) is 31.4 Å². The van der Waals surface area contributed by atoms with Crippen molar-refractivity contribution in [1.29, 1.82) is 0 Å². The summed E-state index contributed by atoms with van der Waals surface area (Å²) < 4.78 is 10.7. The van der Waals surface area contributed by atoms with Gasteiger partial charge in [0.05, 0.1) is 12.8 Å². The number of rotatable bonds is 5. The van der Waals surface area contributed by atoms with Gasteiger partial charge in [-0.25, -0.2) is 4.79 Å². The molecule has 0 aliphatic heterocycles. The smallest absolute Gasteiger partial charge is 0.371 e. The van der Waals surface area contributed by atoms with Gasteiger partial charge in [-0.05, 0) is 59.6 Å².